The quantitative estimate of drug-likeness (QED) is 0.717. The van der Waals surface area contributed by atoms with Crippen molar-refractivity contribution in [2.45, 2.75) is 17.5 Å². The number of halogens is 2. The molecule has 0 amide bonds. The van der Waals surface area contributed by atoms with Crippen LogP contribution in [0.4, 0.5) is 5.69 Å². The van der Waals surface area contributed by atoms with Crippen LogP contribution >= 0.6 is 36.6 Å². The lowest BCUT2D eigenvalue weighted by molar-refractivity contribution is -0.0240. The van der Waals surface area contributed by atoms with Gasteiger partial charge >= 0.3 is 0 Å². The first-order chi connectivity index (χ1) is 11.3. The number of nitrogens with one attached hydrogen (secondary N) is 1. The van der Waals surface area contributed by atoms with Gasteiger partial charge < -0.3 is 10.1 Å². The highest BCUT2D eigenvalue weighted by Crippen LogP contribution is 2.24. The van der Waals surface area contributed by atoms with Gasteiger partial charge in [-0.2, -0.15) is 0 Å². The van der Waals surface area contributed by atoms with E-state index >= 15 is 0 Å². The summed E-state index contributed by atoms with van der Waals surface area (Å²) in [5.74, 6) is 0. The molecule has 1 N–H and O–H groups in total. The Balaban J connectivity index is 0.00000156. The van der Waals surface area contributed by atoms with Crippen molar-refractivity contribution >= 4 is 42.3 Å². The van der Waals surface area contributed by atoms with Crippen molar-refractivity contribution in [3.8, 4) is 0 Å². The molecule has 1 aliphatic heterocycles. The van der Waals surface area contributed by atoms with Crippen molar-refractivity contribution in [1.29, 1.82) is 0 Å². The van der Waals surface area contributed by atoms with E-state index in [9.17, 15) is 0 Å². The van der Waals surface area contributed by atoms with Crippen molar-refractivity contribution in [2.75, 3.05) is 37.8 Å². The molecule has 0 saturated carbocycles. The van der Waals surface area contributed by atoms with Gasteiger partial charge in [-0.3, -0.25) is 4.90 Å². The third kappa shape index (κ3) is 6.72. The maximum atomic E-state index is 5.93. The van der Waals surface area contributed by atoms with Crippen molar-refractivity contribution in [3.63, 3.8) is 0 Å². The topological polar surface area (TPSA) is 24.5 Å². The monoisotopic (exact) mass is 400 g/mol. The summed E-state index contributed by atoms with van der Waals surface area (Å²) in [5, 5.41) is 3.55. The maximum Gasteiger partial charge on any atom is 0.0874 e. The molecule has 1 unspecified atom stereocenters. The van der Waals surface area contributed by atoms with Crippen LogP contribution in [0.2, 0.25) is 0 Å². The van der Waals surface area contributed by atoms with E-state index < -0.39 is 0 Å². The molecule has 0 aromatic heterocycles. The molecule has 1 saturated heterocycles. The van der Waals surface area contributed by atoms with Gasteiger partial charge in [0.05, 0.1) is 12.7 Å². The Kier molecular flexibility index (Phi) is 10.3. The number of rotatable bonds is 6. The van der Waals surface area contributed by atoms with Crippen LogP contribution in [0.5, 0.6) is 0 Å². The standard InChI is InChI=1S/C19H24N2OS.2ClH/c1-23-19-10-6-5-9-18(19)20-13-17-15-21(11-12-22-17)14-16-7-3-2-4-8-16;;/h2-10,17,20H,11-15H2,1H3;2*1H. The molecule has 3 nitrogen and oxygen atoms in total. The van der Waals surface area contributed by atoms with Crippen molar-refractivity contribution in [1.82, 2.24) is 4.90 Å². The minimum atomic E-state index is 0. The summed E-state index contributed by atoms with van der Waals surface area (Å²) in [4.78, 5) is 3.76. The molecule has 0 radical (unpaired) electrons. The minimum Gasteiger partial charge on any atom is -0.381 e. The number of hydrogen-bond acceptors (Lipinski definition) is 4. The molecule has 0 bridgehead atoms. The molecule has 138 valence electrons. The summed E-state index contributed by atoms with van der Waals surface area (Å²) in [6.45, 7) is 4.64. The Morgan fingerprint density at radius 3 is 2.56 bits per heavy atom. The number of benzene rings is 2. The number of nitrogens with zero attached hydrogens (tertiary/aromatic N) is 1. The van der Waals surface area contributed by atoms with Crippen LogP contribution in [-0.2, 0) is 11.3 Å². The Hall–Kier alpha value is -0.910. The Morgan fingerprint density at radius 1 is 1.08 bits per heavy atom. The zero-order chi connectivity index (χ0) is 15.9. The molecule has 25 heavy (non-hydrogen) atoms. The van der Waals surface area contributed by atoms with Crippen molar-refractivity contribution in [3.05, 3.63) is 60.2 Å². The van der Waals surface area contributed by atoms with Gasteiger partial charge in [-0.05, 0) is 24.0 Å². The van der Waals surface area contributed by atoms with Gasteiger partial charge in [-0.15, -0.1) is 36.6 Å². The molecule has 2 aromatic carbocycles. The molecule has 2 aromatic rings. The lowest BCUT2D eigenvalue weighted by Gasteiger charge is -2.33. The number of morpholine rings is 1. The predicted molar refractivity (Wildman–Crippen MR) is 113 cm³/mol. The van der Waals surface area contributed by atoms with Crippen LogP contribution in [0.3, 0.4) is 0 Å². The first kappa shape index (κ1) is 22.1. The van der Waals surface area contributed by atoms with Gasteiger partial charge in [0.25, 0.3) is 0 Å². The van der Waals surface area contributed by atoms with E-state index in [-0.39, 0.29) is 30.9 Å². The fraction of sp³-hybridized carbons (Fsp3) is 0.368. The van der Waals surface area contributed by atoms with Crippen molar-refractivity contribution in [2.24, 2.45) is 0 Å². The second-order valence-corrected chi connectivity index (χ2v) is 6.64. The fourth-order valence-electron chi connectivity index (χ4n) is 2.90. The fourth-order valence-corrected chi connectivity index (χ4v) is 3.48. The summed E-state index contributed by atoms with van der Waals surface area (Å²) in [7, 11) is 0. The van der Waals surface area contributed by atoms with Gasteiger partial charge in [-0.1, -0.05) is 42.5 Å². The average molecular weight is 401 g/mol. The molecule has 3 rings (SSSR count). The SMILES string of the molecule is CSc1ccccc1NCC1CN(Cc2ccccc2)CCO1.Cl.Cl. The summed E-state index contributed by atoms with van der Waals surface area (Å²) >= 11 is 1.77. The number of ether oxygens (including phenoxy) is 1. The highest BCUT2D eigenvalue weighted by Gasteiger charge is 2.20. The summed E-state index contributed by atoms with van der Waals surface area (Å²) in [5.41, 5.74) is 2.57. The predicted octanol–water partition coefficient (Wildman–Crippen LogP) is 4.57. The van der Waals surface area contributed by atoms with E-state index in [0.29, 0.717) is 0 Å². The molecule has 0 aliphatic carbocycles. The maximum absolute atomic E-state index is 5.93. The van der Waals surface area contributed by atoms with Crippen LogP contribution in [0.15, 0.2) is 59.5 Å². The third-order valence-electron chi connectivity index (χ3n) is 4.10. The molecule has 1 heterocycles. The minimum absolute atomic E-state index is 0. The second-order valence-electron chi connectivity index (χ2n) is 5.79. The van der Waals surface area contributed by atoms with Crippen LogP contribution in [0.1, 0.15) is 5.56 Å². The molecule has 1 fully saturated rings. The Bertz CT molecular complexity index is 615. The van der Waals surface area contributed by atoms with E-state index in [1.807, 2.05) is 0 Å². The van der Waals surface area contributed by atoms with Gasteiger partial charge in [0.2, 0.25) is 0 Å². The molecular formula is C19H26Cl2N2OS. The zero-order valence-electron chi connectivity index (χ0n) is 14.4. The zero-order valence-corrected chi connectivity index (χ0v) is 16.8. The van der Waals surface area contributed by atoms with E-state index in [4.69, 9.17) is 4.74 Å². The first-order valence-corrected chi connectivity index (χ1v) is 9.32. The highest BCUT2D eigenvalue weighted by atomic mass is 35.5. The van der Waals surface area contributed by atoms with E-state index in [1.54, 1.807) is 11.8 Å². The van der Waals surface area contributed by atoms with Gasteiger partial charge in [-0.25, -0.2) is 0 Å². The van der Waals surface area contributed by atoms with E-state index in [1.165, 1.54) is 16.1 Å². The number of thioether (sulfide) groups is 1. The van der Waals surface area contributed by atoms with Crippen LogP contribution in [0.25, 0.3) is 0 Å². The summed E-state index contributed by atoms with van der Waals surface area (Å²) < 4.78 is 5.93. The molecule has 0 spiro atoms. The van der Waals surface area contributed by atoms with Crippen LogP contribution < -0.4 is 5.32 Å². The van der Waals surface area contributed by atoms with E-state index in [0.717, 1.165) is 32.8 Å². The Labute approximate surface area is 167 Å². The molecule has 6 heteroatoms. The number of anilines is 1. The Morgan fingerprint density at radius 2 is 1.80 bits per heavy atom. The lowest BCUT2D eigenvalue weighted by Crippen LogP contribution is -2.44. The summed E-state index contributed by atoms with van der Waals surface area (Å²) in [6, 6.07) is 19.1. The average Bonchev–Trinajstić information content (AvgIpc) is 2.61. The second kappa shape index (κ2) is 11.7. The molecule has 1 atom stereocenters. The first-order valence-electron chi connectivity index (χ1n) is 8.10. The van der Waals surface area contributed by atoms with Crippen LogP contribution in [0, 0.1) is 0 Å². The lowest BCUT2D eigenvalue weighted by atomic mass is 10.2. The number of hydrogen-bond donors (Lipinski definition) is 1. The van der Waals surface area contributed by atoms with Gasteiger partial charge in [0, 0.05) is 36.8 Å². The molecule has 1 aliphatic rings. The smallest absolute Gasteiger partial charge is 0.0874 e. The van der Waals surface area contributed by atoms with Gasteiger partial charge in [0.15, 0.2) is 0 Å². The van der Waals surface area contributed by atoms with E-state index in [2.05, 4.69) is 71.1 Å². The number of para-hydroxylation sites is 1. The highest BCUT2D eigenvalue weighted by molar-refractivity contribution is 7.98. The third-order valence-corrected chi connectivity index (χ3v) is 4.89. The largest absolute Gasteiger partial charge is 0.381 e. The van der Waals surface area contributed by atoms with Gasteiger partial charge in [0.1, 0.15) is 0 Å². The van der Waals surface area contributed by atoms with Crippen molar-refractivity contribution < 1.29 is 4.74 Å². The van der Waals surface area contributed by atoms with Crippen LogP contribution in [-0.4, -0.2) is 43.5 Å². The molecular weight excluding hydrogens is 375 g/mol. The summed E-state index contributed by atoms with van der Waals surface area (Å²) in [6.07, 6.45) is 2.35. The normalized spacial score (nSPS) is 17.2.